The maximum absolute atomic E-state index is 12.1. The van der Waals surface area contributed by atoms with Gasteiger partial charge in [0, 0.05) is 18.3 Å². The molecule has 24 heavy (non-hydrogen) atoms. The van der Waals surface area contributed by atoms with E-state index in [0.29, 0.717) is 12.1 Å². The second-order valence-corrected chi connectivity index (χ2v) is 5.26. The number of hydrogen-bond donors (Lipinski definition) is 2. The van der Waals surface area contributed by atoms with Gasteiger partial charge < -0.3 is 13.7 Å². The molecule has 0 aliphatic carbocycles. The quantitative estimate of drug-likeness (QED) is 0.629. The van der Waals surface area contributed by atoms with Crippen molar-refractivity contribution in [3.8, 4) is 0 Å². The van der Waals surface area contributed by atoms with E-state index >= 15 is 0 Å². The van der Waals surface area contributed by atoms with Crippen LogP contribution in [0, 0.1) is 13.8 Å². The average Bonchev–Trinajstić information content (AvgIpc) is 3.14. The Morgan fingerprint density at radius 2 is 2.00 bits per heavy atom. The summed E-state index contributed by atoms with van der Waals surface area (Å²) in [6, 6.07) is 5.35. The Morgan fingerprint density at radius 1 is 1.25 bits per heavy atom. The molecular formula is C16H19N3O5. The first-order chi connectivity index (χ1) is 11.4. The van der Waals surface area contributed by atoms with Crippen LogP contribution in [0.5, 0.6) is 0 Å². The zero-order chi connectivity index (χ0) is 17.7. The SMILES string of the molecule is CC(=O)NNC(=O)COC(=O)c1cc(C)n(Cc2ccco2)c1C. The molecule has 0 aliphatic rings. The Balaban J connectivity index is 2.00. The van der Waals surface area contributed by atoms with E-state index < -0.39 is 24.4 Å². The molecule has 0 radical (unpaired) electrons. The number of aryl methyl sites for hydroxylation is 1. The summed E-state index contributed by atoms with van der Waals surface area (Å²) in [6.07, 6.45) is 1.59. The lowest BCUT2D eigenvalue weighted by Crippen LogP contribution is -2.42. The Hall–Kier alpha value is -3.03. The molecule has 0 saturated heterocycles. The van der Waals surface area contributed by atoms with Crippen LogP contribution >= 0.6 is 0 Å². The van der Waals surface area contributed by atoms with E-state index in [1.165, 1.54) is 6.92 Å². The van der Waals surface area contributed by atoms with Gasteiger partial charge in [0.15, 0.2) is 6.61 Å². The molecule has 2 N–H and O–H groups in total. The summed E-state index contributed by atoms with van der Waals surface area (Å²) in [5.41, 5.74) is 6.20. The zero-order valence-electron chi connectivity index (χ0n) is 13.7. The van der Waals surface area contributed by atoms with Crippen LogP contribution in [0.2, 0.25) is 0 Å². The maximum Gasteiger partial charge on any atom is 0.340 e. The monoisotopic (exact) mass is 333 g/mol. The number of amides is 2. The van der Waals surface area contributed by atoms with Gasteiger partial charge in [-0.25, -0.2) is 4.79 Å². The van der Waals surface area contributed by atoms with Crippen LogP contribution in [0.25, 0.3) is 0 Å². The van der Waals surface area contributed by atoms with E-state index in [1.807, 2.05) is 17.6 Å². The Labute approximate surface area is 138 Å². The number of carbonyl (C=O) groups is 3. The van der Waals surface area contributed by atoms with Crippen LogP contribution in [-0.2, 0) is 20.9 Å². The van der Waals surface area contributed by atoms with Crippen molar-refractivity contribution in [3.63, 3.8) is 0 Å². The van der Waals surface area contributed by atoms with Gasteiger partial charge in [0.25, 0.3) is 5.91 Å². The number of rotatable bonds is 5. The third kappa shape index (κ3) is 4.25. The van der Waals surface area contributed by atoms with E-state index in [0.717, 1.165) is 17.1 Å². The smallest absolute Gasteiger partial charge is 0.340 e. The molecule has 0 saturated carbocycles. The molecule has 0 unspecified atom stereocenters. The van der Waals surface area contributed by atoms with Gasteiger partial charge in [-0.2, -0.15) is 0 Å². The van der Waals surface area contributed by atoms with Gasteiger partial charge in [-0.15, -0.1) is 0 Å². The van der Waals surface area contributed by atoms with Crippen LogP contribution in [0.4, 0.5) is 0 Å². The maximum atomic E-state index is 12.1. The van der Waals surface area contributed by atoms with Gasteiger partial charge >= 0.3 is 5.97 Å². The predicted molar refractivity (Wildman–Crippen MR) is 84.0 cm³/mol. The number of hydrazine groups is 1. The molecule has 8 nitrogen and oxygen atoms in total. The van der Waals surface area contributed by atoms with E-state index in [9.17, 15) is 14.4 Å². The topological polar surface area (TPSA) is 103 Å². The second kappa shape index (κ2) is 7.49. The average molecular weight is 333 g/mol. The molecular weight excluding hydrogens is 314 g/mol. The van der Waals surface area contributed by atoms with Crippen LogP contribution in [-0.4, -0.2) is 29.0 Å². The summed E-state index contributed by atoms with van der Waals surface area (Å²) < 4.78 is 12.2. The predicted octanol–water partition coefficient (Wildman–Crippen LogP) is 1.07. The number of esters is 1. The van der Waals surface area contributed by atoms with Crippen molar-refractivity contribution in [2.45, 2.75) is 27.3 Å². The number of aromatic nitrogens is 1. The molecule has 128 valence electrons. The molecule has 0 spiro atoms. The fourth-order valence-electron chi connectivity index (χ4n) is 2.21. The Bertz CT molecular complexity index is 746. The molecule has 8 heteroatoms. The zero-order valence-corrected chi connectivity index (χ0v) is 13.7. The molecule has 2 aromatic rings. The number of carbonyl (C=O) groups excluding carboxylic acids is 3. The van der Waals surface area contributed by atoms with E-state index in [-0.39, 0.29) is 0 Å². The van der Waals surface area contributed by atoms with Crippen LogP contribution < -0.4 is 10.9 Å². The van der Waals surface area contributed by atoms with Crippen LogP contribution in [0.15, 0.2) is 28.9 Å². The Morgan fingerprint density at radius 3 is 2.62 bits per heavy atom. The number of ether oxygens (including phenoxy) is 1. The summed E-state index contributed by atoms with van der Waals surface area (Å²) in [6.45, 7) is 4.93. The summed E-state index contributed by atoms with van der Waals surface area (Å²) in [7, 11) is 0. The van der Waals surface area contributed by atoms with Gasteiger partial charge in [-0.05, 0) is 32.0 Å². The minimum absolute atomic E-state index is 0.381. The second-order valence-electron chi connectivity index (χ2n) is 5.26. The normalized spacial score (nSPS) is 10.3. The van der Waals surface area contributed by atoms with Crippen molar-refractivity contribution < 1.29 is 23.5 Å². The van der Waals surface area contributed by atoms with E-state index in [4.69, 9.17) is 9.15 Å². The minimum Gasteiger partial charge on any atom is -0.467 e. The summed E-state index contributed by atoms with van der Waals surface area (Å²) in [4.78, 5) is 34.3. The first-order valence-corrected chi connectivity index (χ1v) is 7.30. The van der Waals surface area contributed by atoms with E-state index in [1.54, 1.807) is 25.3 Å². The molecule has 0 aromatic carbocycles. The highest BCUT2D eigenvalue weighted by Crippen LogP contribution is 2.18. The molecule has 0 atom stereocenters. The first kappa shape index (κ1) is 17.3. The fraction of sp³-hybridized carbons (Fsp3) is 0.312. The van der Waals surface area contributed by atoms with Gasteiger partial charge in [-0.1, -0.05) is 0 Å². The standard InChI is InChI=1S/C16H19N3O5/c1-10-7-14(11(2)19(10)8-13-5-4-6-23-13)16(22)24-9-15(21)18-17-12(3)20/h4-7H,8-9H2,1-3H3,(H,17,20)(H,18,21). The van der Waals surface area contributed by atoms with E-state index in [2.05, 4.69) is 10.9 Å². The van der Waals surface area contributed by atoms with Gasteiger partial charge in [-0.3, -0.25) is 20.4 Å². The molecule has 2 rings (SSSR count). The van der Waals surface area contributed by atoms with Crippen molar-refractivity contribution >= 4 is 17.8 Å². The van der Waals surface area contributed by atoms with Gasteiger partial charge in [0.05, 0.1) is 18.4 Å². The molecule has 2 aromatic heterocycles. The number of nitrogens with zero attached hydrogens (tertiary/aromatic N) is 1. The van der Waals surface area contributed by atoms with Crippen LogP contribution in [0.3, 0.4) is 0 Å². The lowest BCUT2D eigenvalue weighted by Gasteiger charge is -2.08. The fourth-order valence-corrected chi connectivity index (χ4v) is 2.21. The minimum atomic E-state index is -0.622. The largest absolute Gasteiger partial charge is 0.467 e. The molecule has 0 fully saturated rings. The summed E-state index contributed by atoms with van der Waals surface area (Å²) >= 11 is 0. The van der Waals surface area contributed by atoms with Crippen molar-refractivity contribution in [2.24, 2.45) is 0 Å². The number of nitrogens with one attached hydrogen (secondary N) is 2. The molecule has 2 amide bonds. The van der Waals surface area contributed by atoms with Crippen molar-refractivity contribution in [1.82, 2.24) is 15.4 Å². The van der Waals surface area contributed by atoms with Gasteiger partial charge in [0.1, 0.15) is 5.76 Å². The Kier molecular flexibility index (Phi) is 5.41. The van der Waals surface area contributed by atoms with Crippen LogP contribution in [0.1, 0.15) is 34.4 Å². The highest BCUT2D eigenvalue weighted by Gasteiger charge is 2.18. The molecule has 2 heterocycles. The van der Waals surface area contributed by atoms with Gasteiger partial charge in [0.2, 0.25) is 5.91 Å². The lowest BCUT2D eigenvalue weighted by molar-refractivity contribution is -0.129. The first-order valence-electron chi connectivity index (χ1n) is 7.30. The van der Waals surface area contributed by atoms with Crippen molar-refractivity contribution in [3.05, 3.63) is 47.2 Å². The lowest BCUT2D eigenvalue weighted by atomic mass is 10.2. The molecule has 0 aliphatic heterocycles. The summed E-state index contributed by atoms with van der Waals surface area (Å²) in [5, 5.41) is 0. The van der Waals surface area contributed by atoms with Crippen molar-refractivity contribution in [2.75, 3.05) is 6.61 Å². The third-order valence-electron chi connectivity index (χ3n) is 3.40. The number of furan rings is 1. The highest BCUT2D eigenvalue weighted by molar-refractivity contribution is 5.93. The third-order valence-corrected chi connectivity index (χ3v) is 3.40. The number of hydrogen-bond acceptors (Lipinski definition) is 5. The molecule has 0 bridgehead atoms. The highest BCUT2D eigenvalue weighted by atomic mass is 16.5. The summed E-state index contributed by atoms with van der Waals surface area (Å²) in [5.74, 6) is -0.878. The van der Waals surface area contributed by atoms with Crippen molar-refractivity contribution in [1.29, 1.82) is 0 Å².